The molecule has 0 spiro atoms. The van der Waals surface area contributed by atoms with Crippen molar-refractivity contribution in [2.75, 3.05) is 19.6 Å². The van der Waals surface area contributed by atoms with Gasteiger partial charge in [-0.1, -0.05) is 12.1 Å². The Kier molecular flexibility index (Phi) is 6.27. The molecule has 2 N–H and O–H groups in total. The van der Waals surface area contributed by atoms with Crippen LogP contribution in [0.15, 0.2) is 35.1 Å². The largest absolute Gasteiger partial charge is 0.418 e. The van der Waals surface area contributed by atoms with Crippen molar-refractivity contribution in [3.63, 3.8) is 0 Å². The van der Waals surface area contributed by atoms with Gasteiger partial charge in [0.15, 0.2) is 5.69 Å². The van der Waals surface area contributed by atoms with Crippen LogP contribution >= 0.6 is 12.4 Å². The molecule has 6 nitrogen and oxygen atoms in total. The fraction of sp³-hybridized carbons (Fsp3) is 0.353. The van der Waals surface area contributed by atoms with E-state index < -0.39 is 28.8 Å². The molecule has 0 aliphatic carbocycles. The summed E-state index contributed by atoms with van der Waals surface area (Å²) in [6.07, 6.45) is -4.59. The highest BCUT2D eigenvalue weighted by Crippen LogP contribution is 2.33. The maximum atomic E-state index is 13.3. The Morgan fingerprint density at radius 1 is 1.33 bits per heavy atom. The van der Waals surface area contributed by atoms with E-state index >= 15 is 0 Å². The van der Waals surface area contributed by atoms with Crippen LogP contribution in [-0.2, 0) is 6.18 Å². The number of para-hydroxylation sites is 1. The summed E-state index contributed by atoms with van der Waals surface area (Å²) in [5.41, 5.74) is -2.00. The van der Waals surface area contributed by atoms with Gasteiger partial charge in [0.25, 0.3) is 5.91 Å². The predicted octanol–water partition coefficient (Wildman–Crippen LogP) is 1.93. The first-order valence-corrected chi connectivity index (χ1v) is 8.04. The SMILES string of the molecule is Cc1cc(=O)c(C(=O)NCC2CNC2)nn1-c1ccccc1C(F)(F)F.Cl. The molecule has 1 fully saturated rings. The minimum atomic E-state index is -4.59. The van der Waals surface area contributed by atoms with Crippen LogP contribution in [0, 0.1) is 12.8 Å². The van der Waals surface area contributed by atoms with Crippen LogP contribution < -0.4 is 16.1 Å². The van der Waals surface area contributed by atoms with E-state index in [0.717, 1.165) is 29.9 Å². The van der Waals surface area contributed by atoms with Gasteiger partial charge in [-0.05, 0) is 19.1 Å². The lowest BCUT2D eigenvalue weighted by atomic mass is 10.0. The van der Waals surface area contributed by atoms with Crippen molar-refractivity contribution in [3.8, 4) is 5.69 Å². The number of rotatable bonds is 4. The number of aromatic nitrogens is 2. The number of nitrogens with zero attached hydrogens (tertiary/aromatic N) is 2. The highest BCUT2D eigenvalue weighted by Gasteiger charge is 2.34. The second-order valence-electron chi connectivity index (χ2n) is 6.16. The van der Waals surface area contributed by atoms with Crippen molar-refractivity contribution in [1.29, 1.82) is 0 Å². The van der Waals surface area contributed by atoms with Crippen molar-refractivity contribution in [2.24, 2.45) is 5.92 Å². The quantitative estimate of drug-likeness (QED) is 0.819. The number of hydrogen-bond acceptors (Lipinski definition) is 4. The number of nitrogens with one attached hydrogen (secondary N) is 2. The van der Waals surface area contributed by atoms with Gasteiger partial charge in [0, 0.05) is 37.3 Å². The van der Waals surface area contributed by atoms with Gasteiger partial charge in [0.1, 0.15) is 0 Å². The molecule has 1 aromatic carbocycles. The number of carbonyl (C=O) groups is 1. The standard InChI is InChI=1S/C17H17F3N4O2.ClH/c1-10-6-14(25)15(16(26)22-9-11-7-21-8-11)23-24(10)13-5-3-2-4-12(13)17(18,19)20;/h2-6,11,21H,7-9H2,1H3,(H,22,26);1H. The van der Waals surface area contributed by atoms with Crippen molar-refractivity contribution in [1.82, 2.24) is 20.4 Å². The summed E-state index contributed by atoms with van der Waals surface area (Å²) in [4.78, 5) is 24.4. The van der Waals surface area contributed by atoms with Gasteiger partial charge in [-0.25, -0.2) is 4.68 Å². The lowest BCUT2D eigenvalue weighted by Crippen LogP contribution is -2.48. The third-order valence-corrected chi connectivity index (χ3v) is 4.18. The summed E-state index contributed by atoms with van der Waals surface area (Å²) in [6, 6.07) is 5.99. The van der Waals surface area contributed by atoms with E-state index in [0.29, 0.717) is 6.54 Å². The van der Waals surface area contributed by atoms with Gasteiger partial charge >= 0.3 is 6.18 Å². The maximum absolute atomic E-state index is 13.3. The first-order chi connectivity index (χ1) is 12.3. The molecule has 0 atom stereocenters. The number of aryl methyl sites for hydroxylation is 1. The Labute approximate surface area is 159 Å². The van der Waals surface area contributed by atoms with Crippen LogP contribution in [0.25, 0.3) is 5.69 Å². The second-order valence-corrected chi connectivity index (χ2v) is 6.16. The first kappa shape index (κ1) is 20.9. The van der Waals surface area contributed by atoms with Gasteiger partial charge in [-0.15, -0.1) is 12.4 Å². The molecule has 10 heteroatoms. The highest BCUT2D eigenvalue weighted by molar-refractivity contribution is 5.92. The fourth-order valence-corrected chi connectivity index (χ4v) is 2.66. The van der Waals surface area contributed by atoms with Crippen LogP contribution in [-0.4, -0.2) is 35.3 Å². The molecule has 2 aromatic rings. The minimum absolute atomic E-state index is 0. The van der Waals surface area contributed by atoms with E-state index in [1.807, 2.05) is 0 Å². The Morgan fingerprint density at radius 2 is 2.00 bits per heavy atom. The first-order valence-electron chi connectivity index (χ1n) is 8.04. The normalized spacial score (nSPS) is 14.2. The third-order valence-electron chi connectivity index (χ3n) is 4.18. The molecule has 0 saturated carbocycles. The van der Waals surface area contributed by atoms with E-state index in [4.69, 9.17) is 0 Å². The zero-order valence-corrected chi connectivity index (χ0v) is 15.2. The van der Waals surface area contributed by atoms with Gasteiger partial charge in [0.05, 0.1) is 11.3 Å². The molecule has 1 aliphatic rings. The predicted molar refractivity (Wildman–Crippen MR) is 95.5 cm³/mol. The molecular formula is C17H18ClF3N4O2. The van der Waals surface area contributed by atoms with Crippen molar-refractivity contribution in [2.45, 2.75) is 13.1 Å². The monoisotopic (exact) mass is 402 g/mol. The number of hydrogen-bond donors (Lipinski definition) is 2. The summed E-state index contributed by atoms with van der Waals surface area (Å²) in [5.74, 6) is -0.419. The maximum Gasteiger partial charge on any atom is 0.418 e. The molecular weight excluding hydrogens is 385 g/mol. The lowest BCUT2D eigenvalue weighted by Gasteiger charge is -2.26. The Morgan fingerprint density at radius 3 is 2.59 bits per heavy atom. The number of carbonyl (C=O) groups excluding carboxylic acids is 1. The minimum Gasteiger partial charge on any atom is -0.350 e. The second kappa shape index (κ2) is 8.10. The van der Waals surface area contributed by atoms with E-state index in [1.54, 1.807) is 0 Å². The van der Waals surface area contributed by atoms with Crippen molar-refractivity contribution >= 4 is 18.3 Å². The van der Waals surface area contributed by atoms with Crippen molar-refractivity contribution < 1.29 is 18.0 Å². The molecule has 2 heterocycles. The topological polar surface area (TPSA) is 76.0 Å². The number of halogens is 4. The molecule has 0 unspecified atom stereocenters. The molecule has 0 radical (unpaired) electrons. The zero-order chi connectivity index (χ0) is 18.9. The van der Waals surface area contributed by atoms with Crippen LogP contribution in [0.1, 0.15) is 21.7 Å². The van der Waals surface area contributed by atoms with Gasteiger partial charge in [0.2, 0.25) is 5.43 Å². The van der Waals surface area contributed by atoms with Crippen LogP contribution in [0.3, 0.4) is 0 Å². The van der Waals surface area contributed by atoms with Gasteiger partial charge < -0.3 is 10.6 Å². The van der Waals surface area contributed by atoms with Gasteiger partial charge in [-0.3, -0.25) is 9.59 Å². The number of benzene rings is 1. The molecule has 3 rings (SSSR count). The summed E-state index contributed by atoms with van der Waals surface area (Å²) < 4.78 is 40.8. The number of alkyl halides is 3. The lowest BCUT2D eigenvalue weighted by molar-refractivity contribution is -0.137. The van der Waals surface area contributed by atoms with Crippen molar-refractivity contribution in [3.05, 3.63) is 57.5 Å². The Bertz CT molecular complexity index is 894. The van der Waals surface area contributed by atoms with E-state index in [2.05, 4.69) is 15.7 Å². The van der Waals surface area contributed by atoms with Crippen LogP contribution in [0.2, 0.25) is 0 Å². The molecule has 146 valence electrons. The molecule has 0 bridgehead atoms. The highest BCUT2D eigenvalue weighted by atomic mass is 35.5. The van der Waals surface area contributed by atoms with Crippen LogP contribution in [0.4, 0.5) is 13.2 Å². The molecule has 27 heavy (non-hydrogen) atoms. The average Bonchev–Trinajstić information content (AvgIpc) is 2.52. The van der Waals surface area contributed by atoms with E-state index in [-0.39, 0.29) is 29.7 Å². The Balaban J connectivity index is 0.00000261. The summed E-state index contributed by atoms with van der Waals surface area (Å²) >= 11 is 0. The summed E-state index contributed by atoms with van der Waals surface area (Å²) in [7, 11) is 0. The molecule has 1 amide bonds. The molecule has 1 aromatic heterocycles. The fourth-order valence-electron chi connectivity index (χ4n) is 2.66. The molecule has 1 aliphatic heterocycles. The Hall–Kier alpha value is -2.39. The summed E-state index contributed by atoms with van der Waals surface area (Å²) in [6.45, 7) is 3.37. The summed E-state index contributed by atoms with van der Waals surface area (Å²) in [5, 5.41) is 9.58. The average molecular weight is 403 g/mol. The van der Waals surface area contributed by atoms with Gasteiger partial charge in [-0.2, -0.15) is 18.3 Å². The smallest absolute Gasteiger partial charge is 0.350 e. The van der Waals surface area contributed by atoms with E-state index in [1.165, 1.54) is 25.1 Å². The van der Waals surface area contributed by atoms with Crippen LogP contribution in [0.5, 0.6) is 0 Å². The number of amides is 1. The zero-order valence-electron chi connectivity index (χ0n) is 14.3. The third kappa shape index (κ3) is 4.48. The van der Waals surface area contributed by atoms with E-state index in [9.17, 15) is 22.8 Å². The molecule has 1 saturated heterocycles.